The summed E-state index contributed by atoms with van der Waals surface area (Å²) in [6, 6.07) is 0. The van der Waals surface area contributed by atoms with Crippen molar-refractivity contribution in [3.8, 4) is 0 Å². The molecule has 0 aromatic heterocycles. The van der Waals surface area contributed by atoms with Crippen molar-refractivity contribution >= 4 is 33.5 Å². The third kappa shape index (κ3) is 22.4. The average molecular weight is 347 g/mol. The quantitative estimate of drug-likeness (QED) is 0.351. The van der Waals surface area contributed by atoms with Crippen LogP contribution in [0.5, 0.6) is 0 Å². The van der Waals surface area contributed by atoms with Crippen LogP contribution < -0.4 is 40.0 Å². The van der Waals surface area contributed by atoms with Crippen LogP contribution in [0.2, 0.25) is 0 Å². The zero-order chi connectivity index (χ0) is 16.0. The van der Waals surface area contributed by atoms with Crippen molar-refractivity contribution in [1.29, 1.82) is 0 Å². The standard InChI is InChI=1S/C9H17NO3S2.C3H6O2.Na/c1-3-9(11)10-5-6-14-7-8-15(12,13)4-2;1-2-3(4)5;/h4H,2-3,5-8H2,1H3,(H,10,11);2H2,1H3,(H,4,5);/q;;+1/p-1. The van der Waals surface area contributed by atoms with E-state index in [1.807, 2.05) is 0 Å². The van der Waals surface area contributed by atoms with E-state index in [0.717, 1.165) is 11.2 Å². The van der Waals surface area contributed by atoms with Crippen molar-refractivity contribution in [2.45, 2.75) is 26.7 Å². The topological polar surface area (TPSA) is 103 Å². The van der Waals surface area contributed by atoms with E-state index in [1.165, 1.54) is 18.7 Å². The van der Waals surface area contributed by atoms with E-state index < -0.39 is 15.8 Å². The molecule has 1 N–H and O–H groups in total. The maximum absolute atomic E-state index is 11.0. The number of amides is 1. The van der Waals surface area contributed by atoms with Crippen LogP contribution in [0, 0.1) is 0 Å². The van der Waals surface area contributed by atoms with Crippen LogP contribution in [0.25, 0.3) is 0 Å². The first-order chi connectivity index (χ1) is 9.29. The summed E-state index contributed by atoms with van der Waals surface area (Å²) in [5.41, 5.74) is 0. The molecular weight excluding hydrogens is 325 g/mol. The summed E-state index contributed by atoms with van der Waals surface area (Å²) in [5, 5.41) is 13.0. The van der Waals surface area contributed by atoms with Crippen molar-refractivity contribution in [2.75, 3.05) is 23.8 Å². The number of sulfone groups is 1. The zero-order valence-electron chi connectivity index (χ0n) is 12.9. The first-order valence-electron chi connectivity index (χ1n) is 6.18. The maximum Gasteiger partial charge on any atom is 1.00 e. The summed E-state index contributed by atoms with van der Waals surface area (Å²) in [5.74, 6) is 0.414. The third-order valence-electron chi connectivity index (χ3n) is 1.94. The van der Waals surface area contributed by atoms with Gasteiger partial charge in [0.25, 0.3) is 0 Å². The van der Waals surface area contributed by atoms with E-state index in [-0.39, 0.29) is 47.6 Å². The van der Waals surface area contributed by atoms with Gasteiger partial charge in [0.05, 0.1) is 5.75 Å². The Hall–Kier alpha value is -0.0200. The summed E-state index contributed by atoms with van der Waals surface area (Å²) in [7, 11) is -3.07. The normalized spacial score (nSPS) is 9.62. The second kappa shape index (κ2) is 16.4. The largest absolute Gasteiger partial charge is 1.00 e. The molecule has 0 unspecified atom stereocenters. The van der Waals surface area contributed by atoms with Gasteiger partial charge in [0.2, 0.25) is 5.91 Å². The number of hydrogen-bond donors (Lipinski definition) is 1. The second-order valence-electron chi connectivity index (χ2n) is 3.58. The number of nitrogens with one attached hydrogen (secondary N) is 1. The molecule has 0 bridgehead atoms. The zero-order valence-corrected chi connectivity index (χ0v) is 16.5. The summed E-state index contributed by atoms with van der Waals surface area (Å²) in [6.45, 7) is 7.14. The molecule has 0 spiro atoms. The molecule has 0 atom stereocenters. The van der Waals surface area contributed by atoms with Crippen LogP contribution in [0.4, 0.5) is 0 Å². The average Bonchev–Trinajstić information content (AvgIpc) is 2.42. The molecule has 118 valence electrons. The number of hydrogen-bond acceptors (Lipinski definition) is 6. The fourth-order valence-corrected chi connectivity index (χ4v) is 2.77. The molecular formula is C12H22NNaO5S2. The molecule has 1 amide bonds. The molecule has 0 heterocycles. The SMILES string of the molecule is C=CS(=O)(=O)CCSCCNC(=O)CC.CCC(=O)[O-].[Na+]. The Kier molecular flexibility index (Phi) is 20.2. The second-order valence-corrected chi connectivity index (χ2v) is 6.87. The Morgan fingerprint density at radius 1 is 1.24 bits per heavy atom. The number of carbonyl (C=O) groups excluding carboxylic acids is 2. The minimum Gasteiger partial charge on any atom is -0.550 e. The summed E-state index contributed by atoms with van der Waals surface area (Å²) < 4.78 is 22.0. The molecule has 21 heavy (non-hydrogen) atoms. The van der Waals surface area contributed by atoms with Crippen molar-refractivity contribution in [3.05, 3.63) is 12.0 Å². The number of carboxylic acids is 1. The molecule has 0 radical (unpaired) electrons. The fourth-order valence-electron chi connectivity index (χ4n) is 0.748. The Labute approximate surface area is 153 Å². The third-order valence-corrected chi connectivity index (χ3v) is 4.47. The van der Waals surface area contributed by atoms with Gasteiger partial charge in [-0.1, -0.05) is 20.4 Å². The van der Waals surface area contributed by atoms with Gasteiger partial charge in [0.1, 0.15) is 0 Å². The maximum atomic E-state index is 11.0. The fraction of sp³-hybridized carbons (Fsp3) is 0.667. The molecule has 0 saturated carbocycles. The summed E-state index contributed by atoms with van der Waals surface area (Å²) in [6.07, 6.45) is 0.593. The predicted octanol–water partition coefficient (Wildman–Crippen LogP) is -3.05. The van der Waals surface area contributed by atoms with Crippen molar-refractivity contribution in [2.24, 2.45) is 0 Å². The summed E-state index contributed by atoms with van der Waals surface area (Å²) in [4.78, 5) is 20.1. The smallest absolute Gasteiger partial charge is 0.550 e. The summed E-state index contributed by atoms with van der Waals surface area (Å²) >= 11 is 1.51. The molecule has 6 nitrogen and oxygen atoms in total. The first-order valence-corrected chi connectivity index (χ1v) is 9.05. The minimum atomic E-state index is -3.07. The van der Waals surface area contributed by atoms with Gasteiger partial charge in [-0.15, -0.1) is 0 Å². The van der Waals surface area contributed by atoms with Crippen LogP contribution in [-0.2, 0) is 19.4 Å². The number of rotatable bonds is 9. The van der Waals surface area contributed by atoms with Crippen LogP contribution in [0.15, 0.2) is 12.0 Å². The molecule has 9 heteroatoms. The van der Waals surface area contributed by atoms with E-state index in [9.17, 15) is 23.1 Å². The van der Waals surface area contributed by atoms with Gasteiger partial charge < -0.3 is 15.2 Å². The van der Waals surface area contributed by atoms with Crippen molar-refractivity contribution in [3.63, 3.8) is 0 Å². The van der Waals surface area contributed by atoms with Crippen LogP contribution in [-0.4, -0.2) is 44.1 Å². The molecule has 0 saturated heterocycles. The minimum absolute atomic E-state index is 0. The van der Waals surface area contributed by atoms with E-state index >= 15 is 0 Å². The van der Waals surface area contributed by atoms with Gasteiger partial charge in [-0.05, 0) is 6.42 Å². The van der Waals surface area contributed by atoms with Gasteiger partial charge in [-0.25, -0.2) is 8.42 Å². The molecule has 0 aliphatic carbocycles. The van der Waals surface area contributed by atoms with Gasteiger partial charge in [-0.3, -0.25) is 4.79 Å². The predicted molar refractivity (Wildman–Crippen MR) is 79.9 cm³/mol. The van der Waals surface area contributed by atoms with E-state index in [2.05, 4.69) is 11.9 Å². The number of carbonyl (C=O) groups is 2. The monoisotopic (exact) mass is 347 g/mol. The Balaban J connectivity index is -0.000000465. The van der Waals surface area contributed by atoms with Gasteiger partial charge >= 0.3 is 29.6 Å². The van der Waals surface area contributed by atoms with E-state index in [0.29, 0.717) is 18.7 Å². The molecule has 0 aliphatic heterocycles. The molecule has 0 aromatic rings. The Morgan fingerprint density at radius 3 is 2.14 bits per heavy atom. The molecule has 0 fully saturated rings. The van der Waals surface area contributed by atoms with Gasteiger partial charge in [-0.2, -0.15) is 11.8 Å². The van der Waals surface area contributed by atoms with Crippen LogP contribution in [0.3, 0.4) is 0 Å². The first kappa shape index (κ1) is 25.9. The Morgan fingerprint density at radius 2 is 1.76 bits per heavy atom. The Bertz CT molecular complexity index is 398. The van der Waals surface area contributed by atoms with Gasteiger partial charge in [0, 0.05) is 35.8 Å². The number of carboxylic acid groups (broad SMARTS) is 1. The van der Waals surface area contributed by atoms with E-state index in [4.69, 9.17) is 0 Å². The molecule has 0 aliphatic rings. The van der Waals surface area contributed by atoms with Crippen molar-refractivity contribution in [1.82, 2.24) is 5.32 Å². The number of aliphatic carboxylic acids is 1. The van der Waals surface area contributed by atoms with Crippen molar-refractivity contribution < 1.29 is 52.7 Å². The van der Waals surface area contributed by atoms with Gasteiger partial charge in [0.15, 0.2) is 9.84 Å². The molecule has 0 rings (SSSR count). The van der Waals surface area contributed by atoms with Crippen LogP contribution in [0.1, 0.15) is 26.7 Å². The molecule has 0 aromatic carbocycles. The van der Waals surface area contributed by atoms with E-state index in [1.54, 1.807) is 6.92 Å². The van der Waals surface area contributed by atoms with Crippen LogP contribution >= 0.6 is 11.8 Å². The number of thioether (sulfide) groups is 1.